The SMILES string of the molecule is C[C@H](COc1ccc(Cc2sc(=O)[nH]c2O)cc1)N1C[C@@H](c2cccc(Cl)c2)OC1=O. The van der Waals surface area contributed by atoms with Gasteiger partial charge in [0, 0.05) is 11.4 Å². The summed E-state index contributed by atoms with van der Waals surface area (Å²) in [4.78, 5) is 27.9. The van der Waals surface area contributed by atoms with E-state index in [1.165, 1.54) is 0 Å². The second-order valence-corrected chi connectivity index (χ2v) is 8.85. The highest BCUT2D eigenvalue weighted by molar-refractivity contribution is 7.09. The Morgan fingerprint density at radius 2 is 2.06 bits per heavy atom. The molecule has 1 amide bonds. The molecule has 1 aliphatic rings. The van der Waals surface area contributed by atoms with Gasteiger partial charge in [0.05, 0.1) is 17.5 Å². The van der Waals surface area contributed by atoms with Gasteiger partial charge in [-0.25, -0.2) is 4.79 Å². The molecule has 4 rings (SSSR count). The van der Waals surface area contributed by atoms with Gasteiger partial charge < -0.3 is 14.6 Å². The Labute approximate surface area is 187 Å². The van der Waals surface area contributed by atoms with Gasteiger partial charge in [0.1, 0.15) is 18.5 Å². The Bertz CT molecular complexity index is 1130. The standard InChI is InChI=1S/C22H21ClN2O5S/c1-13(25-11-18(30-22(25)28)15-3-2-4-16(23)10-15)12-29-17-7-5-14(6-8-17)9-19-20(26)24-21(27)31-19/h2-8,10,13,18,26H,9,11-12H2,1H3,(H,24,27)/t13-,18+/m1/s1. The number of ether oxygens (including phenoxy) is 2. The summed E-state index contributed by atoms with van der Waals surface area (Å²) in [5.74, 6) is 0.582. The summed E-state index contributed by atoms with van der Waals surface area (Å²) in [7, 11) is 0. The summed E-state index contributed by atoms with van der Waals surface area (Å²) < 4.78 is 11.3. The van der Waals surface area contributed by atoms with Gasteiger partial charge in [-0.3, -0.25) is 14.7 Å². The molecule has 2 atom stereocenters. The number of nitrogens with zero attached hydrogens (tertiary/aromatic N) is 1. The first-order valence-electron chi connectivity index (χ1n) is 9.74. The zero-order valence-corrected chi connectivity index (χ0v) is 18.3. The summed E-state index contributed by atoms with van der Waals surface area (Å²) in [6.45, 7) is 2.66. The molecule has 0 radical (unpaired) electrons. The maximum atomic E-state index is 12.3. The number of nitrogens with one attached hydrogen (secondary N) is 1. The fourth-order valence-corrected chi connectivity index (χ4v) is 4.34. The van der Waals surface area contributed by atoms with E-state index in [0.29, 0.717) is 35.2 Å². The molecule has 0 unspecified atom stereocenters. The molecule has 31 heavy (non-hydrogen) atoms. The monoisotopic (exact) mass is 460 g/mol. The van der Waals surface area contributed by atoms with Gasteiger partial charge in [0.25, 0.3) is 0 Å². The third-order valence-corrected chi connectivity index (χ3v) is 6.18. The Balaban J connectivity index is 1.32. The molecular formula is C22H21ClN2O5S. The quantitative estimate of drug-likeness (QED) is 0.547. The topological polar surface area (TPSA) is 91.9 Å². The minimum absolute atomic E-state index is 0.0854. The number of aromatic hydroxyl groups is 1. The van der Waals surface area contributed by atoms with Gasteiger partial charge in [0.15, 0.2) is 0 Å². The normalized spacial score (nSPS) is 16.9. The van der Waals surface area contributed by atoms with Crippen molar-refractivity contribution in [1.29, 1.82) is 0 Å². The molecular weight excluding hydrogens is 440 g/mol. The summed E-state index contributed by atoms with van der Waals surface area (Å²) in [5.41, 5.74) is 1.81. The molecule has 162 valence electrons. The third-order valence-electron chi connectivity index (χ3n) is 5.07. The van der Waals surface area contributed by atoms with Crippen LogP contribution in [0.4, 0.5) is 4.79 Å². The lowest BCUT2D eigenvalue weighted by Gasteiger charge is -2.22. The first kappa shape index (κ1) is 21.3. The van der Waals surface area contributed by atoms with Crippen LogP contribution in [0.2, 0.25) is 5.02 Å². The zero-order valence-electron chi connectivity index (χ0n) is 16.7. The molecule has 2 heterocycles. The van der Waals surface area contributed by atoms with E-state index in [0.717, 1.165) is 22.5 Å². The van der Waals surface area contributed by atoms with Crippen molar-refractivity contribution in [3.05, 3.63) is 79.2 Å². The number of thiazole rings is 1. The van der Waals surface area contributed by atoms with E-state index in [-0.39, 0.29) is 29.0 Å². The van der Waals surface area contributed by atoms with Crippen LogP contribution in [0.3, 0.4) is 0 Å². The van der Waals surface area contributed by atoms with E-state index in [1.807, 2.05) is 43.3 Å². The summed E-state index contributed by atoms with van der Waals surface area (Å²) in [6.07, 6.45) is -0.272. The fraction of sp³-hybridized carbons (Fsp3) is 0.273. The van der Waals surface area contributed by atoms with Crippen molar-refractivity contribution >= 4 is 29.0 Å². The molecule has 1 aliphatic heterocycles. The molecule has 3 aromatic rings. The van der Waals surface area contributed by atoms with Gasteiger partial charge in [-0.05, 0) is 42.3 Å². The van der Waals surface area contributed by atoms with Crippen molar-refractivity contribution in [2.24, 2.45) is 0 Å². The van der Waals surface area contributed by atoms with Crippen LogP contribution in [-0.2, 0) is 11.2 Å². The van der Waals surface area contributed by atoms with Crippen LogP contribution >= 0.6 is 22.9 Å². The Morgan fingerprint density at radius 3 is 2.74 bits per heavy atom. The number of cyclic esters (lactones) is 1. The molecule has 2 N–H and O–H groups in total. The number of aromatic amines is 1. The van der Waals surface area contributed by atoms with Crippen molar-refractivity contribution in [3.63, 3.8) is 0 Å². The van der Waals surface area contributed by atoms with Crippen LogP contribution in [0, 0.1) is 0 Å². The molecule has 0 saturated carbocycles. The van der Waals surface area contributed by atoms with Crippen molar-refractivity contribution in [1.82, 2.24) is 9.88 Å². The van der Waals surface area contributed by atoms with Crippen molar-refractivity contribution in [2.45, 2.75) is 25.5 Å². The van der Waals surface area contributed by atoms with Crippen LogP contribution < -0.4 is 9.61 Å². The maximum absolute atomic E-state index is 12.3. The predicted molar refractivity (Wildman–Crippen MR) is 118 cm³/mol. The highest BCUT2D eigenvalue weighted by Crippen LogP contribution is 2.29. The van der Waals surface area contributed by atoms with Crippen molar-refractivity contribution in [3.8, 4) is 11.6 Å². The first-order valence-corrected chi connectivity index (χ1v) is 10.9. The lowest BCUT2D eigenvalue weighted by molar-refractivity contribution is 0.122. The zero-order chi connectivity index (χ0) is 22.0. The van der Waals surface area contributed by atoms with Gasteiger partial charge >= 0.3 is 11.0 Å². The van der Waals surface area contributed by atoms with E-state index in [9.17, 15) is 14.7 Å². The van der Waals surface area contributed by atoms with E-state index in [4.69, 9.17) is 21.1 Å². The van der Waals surface area contributed by atoms with E-state index < -0.39 is 0 Å². The Morgan fingerprint density at radius 1 is 1.29 bits per heavy atom. The molecule has 1 fully saturated rings. The van der Waals surface area contributed by atoms with Crippen LogP contribution in [0.15, 0.2) is 53.3 Å². The van der Waals surface area contributed by atoms with E-state index >= 15 is 0 Å². The highest BCUT2D eigenvalue weighted by Gasteiger charge is 2.35. The summed E-state index contributed by atoms with van der Waals surface area (Å²) >= 11 is 7.03. The van der Waals surface area contributed by atoms with Crippen LogP contribution in [0.5, 0.6) is 11.6 Å². The first-order chi connectivity index (χ1) is 14.9. The molecule has 1 saturated heterocycles. The number of rotatable bonds is 7. The summed E-state index contributed by atoms with van der Waals surface area (Å²) in [5, 5.41) is 10.3. The van der Waals surface area contributed by atoms with Crippen LogP contribution in [-0.4, -0.2) is 40.3 Å². The minimum Gasteiger partial charge on any atom is -0.494 e. The second-order valence-electron chi connectivity index (χ2n) is 7.35. The molecule has 0 bridgehead atoms. The van der Waals surface area contributed by atoms with E-state index in [1.54, 1.807) is 17.0 Å². The van der Waals surface area contributed by atoms with E-state index in [2.05, 4.69) is 4.98 Å². The number of benzene rings is 2. The Kier molecular flexibility index (Phi) is 6.20. The predicted octanol–water partition coefficient (Wildman–Crippen LogP) is 4.35. The molecule has 9 heteroatoms. The van der Waals surface area contributed by atoms with Gasteiger partial charge in [-0.2, -0.15) is 0 Å². The lowest BCUT2D eigenvalue weighted by atomic mass is 10.1. The Hall–Kier alpha value is -2.97. The van der Waals surface area contributed by atoms with Gasteiger partial charge in [-0.1, -0.05) is 47.2 Å². The highest BCUT2D eigenvalue weighted by atomic mass is 35.5. The van der Waals surface area contributed by atoms with Crippen LogP contribution in [0.25, 0.3) is 0 Å². The number of hydrogen-bond donors (Lipinski definition) is 2. The number of halogens is 1. The van der Waals surface area contributed by atoms with Gasteiger partial charge in [-0.15, -0.1) is 0 Å². The number of hydrogen-bond acceptors (Lipinski definition) is 6. The number of amides is 1. The average Bonchev–Trinajstić information content (AvgIpc) is 3.28. The van der Waals surface area contributed by atoms with Gasteiger partial charge in [0.2, 0.25) is 5.88 Å². The third kappa shape index (κ3) is 5.03. The molecule has 0 spiro atoms. The second kappa shape index (κ2) is 9.03. The minimum atomic E-state index is -0.373. The largest absolute Gasteiger partial charge is 0.494 e. The number of aromatic nitrogens is 1. The average molecular weight is 461 g/mol. The van der Waals surface area contributed by atoms with Crippen molar-refractivity contribution < 1.29 is 19.4 Å². The number of H-pyrrole nitrogens is 1. The molecule has 7 nitrogen and oxygen atoms in total. The smallest absolute Gasteiger partial charge is 0.410 e. The number of carbonyl (C=O) groups is 1. The van der Waals surface area contributed by atoms with Crippen LogP contribution in [0.1, 0.15) is 29.0 Å². The fourth-order valence-electron chi connectivity index (χ4n) is 3.39. The molecule has 1 aromatic heterocycles. The molecule has 0 aliphatic carbocycles. The lowest BCUT2D eigenvalue weighted by Crippen LogP contribution is -2.38. The maximum Gasteiger partial charge on any atom is 0.410 e. The number of carbonyl (C=O) groups excluding carboxylic acids is 1. The van der Waals surface area contributed by atoms with Crippen molar-refractivity contribution in [2.75, 3.05) is 13.2 Å². The summed E-state index contributed by atoms with van der Waals surface area (Å²) in [6, 6.07) is 14.5. The molecule has 2 aromatic carbocycles.